The van der Waals surface area contributed by atoms with E-state index in [1.165, 1.54) is 0 Å². The van der Waals surface area contributed by atoms with E-state index in [0.29, 0.717) is 66.5 Å². The Morgan fingerprint density at radius 2 is 1.48 bits per heavy atom. The average molecular weight is 619 g/mol. The molecule has 0 bridgehead atoms. The summed E-state index contributed by atoms with van der Waals surface area (Å²) in [6.45, 7) is 0.435. The first kappa shape index (κ1) is 31.0. The van der Waals surface area contributed by atoms with Crippen molar-refractivity contribution in [2.75, 3.05) is 20.8 Å². The number of aliphatic hydroxyl groups is 1. The van der Waals surface area contributed by atoms with E-state index in [9.17, 15) is 14.7 Å². The fraction of sp³-hybridized carbons (Fsp3) is 0.316. The van der Waals surface area contributed by atoms with Crippen LogP contribution in [0.4, 0.5) is 0 Å². The molecule has 4 aromatic rings. The number of methoxy groups -OCH3 is 2. The summed E-state index contributed by atoms with van der Waals surface area (Å²) >= 11 is 0. The standard InChI is InChI=1S/C38H38N2O6/c1-44-34-16-13-24(19-35(34)45-2)17-18-39-30-20-27(25-9-5-3-6-10-25)21-32(42)37(30)31(41)15-14-29-38-33(43)22-28(23-36(38)46-40-29)26-11-7-4-8-12-26/h3-13,16,19,27-28,41H,14-15,17-18,20-23H2,1-2H3. The van der Waals surface area contributed by atoms with Crippen LogP contribution in [-0.2, 0) is 24.1 Å². The molecule has 0 spiro atoms. The van der Waals surface area contributed by atoms with Gasteiger partial charge in [-0.15, -0.1) is 0 Å². The molecule has 1 aromatic heterocycles. The fourth-order valence-electron chi connectivity index (χ4n) is 6.62. The van der Waals surface area contributed by atoms with Crippen molar-refractivity contribution >= 4 is 17.3 Å². The number of carbonyl (C=O) groups excluding carboxylic acids is 2. The van der Waals surface area contributed by atoms with Crippen molar-refractivity contribution in [2.24, 2.45) is 4.99 Å². The summed E-state index contributed by atoms with van der Waals surface area (Å²) in [5, 5.41) is 15.6. The van der Waals surface area contributed by atoms with E-state index in [1.807, 2.05) is 78.9 Å². The van der Waals surface area contributed by atoms with Gasteiger partial charge in [0.05, 0.1) is 31.1 Å². The monoisotopic (exact) mass is 618 g/mol. The highest BCUT2D eigenvalue weighted by Gasteiger charge is 2.34. The maximum atomic E-state index is 13.6. The predicted octanol–water partition coefficient (Wildman–Crippen LogP) is 7.18. The van der Waals surface area contributed by atoms with Gasteiger partial charge in [0.25, 0.3) is 0 Å². The van der Waals surface area contributed by atoms with Crippen LogP contribution in [0, 0.1) is 0 Å². The number of ether oxygens (including phenoxy) is 2. The molecule has 6 rings (SSSR count). The zero-order valence-corrected chi connectivity index (χ0v) is 26.2. The number of carbonyl (C=O) groups is 2. The SMILES string of the molecule is COc1ccc(CCN=C2CC(c3ccccc3)CC(=O)C2=C(O)CCc2noc3c2C(=O)CC(c2ccccc2)C3)cc1OC. The van der Waals surface area contributed by atoms with Crippen LogP contribution in [0.25, 0.3) is 0 Å². The number of allylic oxidation sites excluding steroid dienone is 2. The summed E-state index contributed by atoms with van der Waals surface area (Å²) < 4.78 is 16.4. The second-order valence-electron chi connectivity index (χ2n) is 11.9. The third-order valence-corrected chi connectivity index (χ3v) is 9.00. The van der Waals surface area contributed by atoms with Gasteiger partial charge in [0.2, 0.25) is 0 Å². The van der Waals surface area contributed by atoms with E-state index >= 15 is 0 Å². The number of fused-ring (bicyclic) bond motifs is 1. The van der Waals surface area contributed by atoms with Crippen molar-refractivity contribution < 1.29 is 28.7 Å². The van der Waals surface area contributed by atoms with Crippen LogP contribution in [-0.4, -0.2) is 48.3 Å². The lowest BCUT2D eigenvalue weighted by Gasteiger charge is -2.26. The van der Waals surface area contributed by atoms with Crippen LogP contribution >= 0.6 is 0 Å². The minimum absolute atomic E-state index is 0.00430. The molecular weight excluding hydrogens is 580 g/mol. The average Bonchev–Trinajstić information content (AvgIpc) is 3.51. The highest BCUT2D eigenvalue weighted by atomic mass is 16.5. The molecule has 8 heteroatoms. The summed E-state index contributed by atoms with van der Waals surface area (Å²) in [5.41, 5.74) is 5.13. The molecule has 236 valence electrons. The van der Waals surface area contributed by atoms with Gasteiger partial charge in [-0.1, -0.05) is 71.9 Å². The van der Waals surface area contributed by atoms with Crippen LogP contribution in [0.1, 0.15) is 76.0 Å². The largest absolute Gasteiger partial charge is 0.511 e. The Balaban J connectivity index is 1.22. The third-order valence-electron chi connectivity index (χ3n) is 9.00. The molecule has 1 N–H and O–H groups in total. The molecule has 1 saturated carbocycles. The van der Waals surface area contributed by atoms with Crippen LogP contribution in [0.15, 0.2) is 99.7 Å². The number of Topliss-reactive ketones (excluding diaryl/α,β-unsaturated/α-hetero) is 2. The number of hydrogen-bond donors (Lipinski definition) is 1. The number of aromatic nitrogens is 1. The first-order valence-corrected chi connectivity index (χ1v) is 15.8. The second kappa shape index (κ2) is 14.0. The first-order chi connectivity index (χ1) is 22.4. The van der Waals surface area contributed by atoms with Gasteiger partial charge in [-0.3, -0.25) is 14.6 Å². The maximum Gasteiger partial charge on any atom is 0.168 e. The zero-order chi connectivity index (χ0) is 32.0. The molecule has 0 amide bonds. The van der Waals surface area contributed by atoms with Gasteiger partial charge in [0, 0.05) is 44.4 Å². The van der Waals surface area contributed by atoms with E-state index in [0.717, 1.165) is 16.7 Å². The van der Waals surface area contributed by atoms with E-state index in [4.69, 9.17) is 19.0 Å². The lowest BCUT2D eigenvalue weighted by molar-refractivity contribution is -0.116. The maximum absolute atomic E-state index is 13.6. The van der Waals surface area contributed by atoms with Gasteiger partial charge < -0.3 is 19.1 Å². The summed E-state index contributed by atoms with van der Waals surface area (Å²) in [7, 11) is 3.20. The minimum Gasteiger partial charge on any atom is -0.511 e. The van der Waals surface area contributed by atoms with Gasteiger partial charge in [-0.05, 0) is 53.5 Å². The number of aryl methyl sites for hydroxylation is 1. The molecule has 2 aliphatic carbocycles. The van der Waals surface area contributed by atoms with E-state index in [1.54, 1.807) is 14.2 Å². The quantitative estimate of drug-likeness (QED) is 0.148. The van der Waals surface area contributed by atoms with Gasteiger partial charge in [-0.25, -0.2) is 0 Å². The van der Waals surface area contributed by atoms with Crippen molar-refractivity contribution in [2.45, 2.75) is 56.8 Å². The molecule has 1 heterocycles. The molecule has 2 unspecified atom stereocenters. The Morgan fingerprint density at radius 3 is 2.15 bits per heavy atom. The smallest absolute Gasteiger partial charge is 0.168 e. The molecule has 3 aromatic carbocycles. The van der Waals surface area contributed by atoms with Crippen molar-refractivity contribution in [3.05, 3.63) is 124 Å². The molecule has 46 heavy (non-hydrogen) atoms. The van der Waals surface area contributed by atoms with E-state index in [-0.39, 0.29) is 54.0 Å². The highest BCUT2D eigenvalue weighted by molar-refractivity contribution is 6.24. The fourth-order valence-corrected chi connectivity index (χ4v) is 6.62. The summed E-state index contributed by atoms with van der Waals surface area (Å²) in [6.07, 6.45) is 2.87. The number of aliphatic hydroxyl groups excluding tert-OH is 1. The Kier molecular flexibility index (Phi) is 9.43. The number of benzene rings is 3. The second-order valence-corrected chi connectivity index (χ2v) is 11.9. The topological polar surface area (TPSA) is 111 Å². The van der Waals surface area contributed by atoms with Gasteiger partial charge in [0.1, 0.15) is 11.5 Å². The number of hydrogen-bond acceptors (Lipinski definition) is 8. The summed E-state index contributed by atoms with van der Waals surface area (Å²) in [4.78, 5) is 31.7. The lowest BCUT2D eigenvalue weighted by Crippen LogP contribution is -2.27. The molecule has 0 aliphatic heterocycles. The molecule has 0 radical (unpaired) electrons. The number of rotatable bonds is 10. The molecule has 2 aliphatic rings. The van der Waals surface area contributed by atoms with Gasteiger partial charge in [0.15, 0.2) is 23.1 Å². The van der Waals surface area contributed by atoms with Crippen LogP contribution in [0.3, 0.4) is 0 Å². The normalized spacial score (nSPS) is 20.0. The minimum atomic E-state index is -0.133. The lowest BCUT2D eigenvalue weighted by atomic mass is 9.78. The van der Waals surface area contributed by atoms with Gasteiger partial charge >= 0.3 is 0 Å². The Bertz CT molecular complexity index is 1770. The molecular formula is C38H38N2O6. The molecule has 8 nitrogen and oxygen atoms in total. The third kappa shape index (κ3) is 6.66. The van der Waals surface area contributed by atoms with Crippen LogP contribution in [0.2, 0.25) is 0 Å². The molecule has 2 atom stereocenters. The van der Waals surface area contributed by atoms with E-state index in [2.05, 4.69) is 5.16 Å². The molecule has 1 fully saturated rings. The summed E-state index contributed by atoms with van der Waals surface area (Å²) in [5.74, 6) is 1.75. The van der Waals surface area contributed by atoms with Crippen molar-refractivity contribution in [3.63, 3.8) is 0 Å². The zero-order valence-electron chi connectivity index (χ0n) is 26.2. The Hall–Kier alpha value is -4.98. The molecule has 0 saturated heterocycles. The Morgan fingerprint density at radius 1 is 0.826 bits per heavy atom. The van der Waals surface area contributed by atoms with Crippen molar-refractivity contribution in [1.82, 2.24) is 5.16 Å². The van der Waals surface area contributed by atoms with Crippen LogP contribution < -0.4 is 9.47 Å². The van der Waals surface area contributed by atoms with Crippen molar-refractivity contribution in [1.29, 1.82) is 0 Å². The Labute approximate surface area is 268 Å². The number of ketones is 2. The number of aliphatic imine (C=N–C) groups is 1. The van der Waals surface area contributed by atoms with Crippen molar-refractivity contribution in [3.8, 4) is 11.5 Å². The highest BCUT2D eigenvalue weighted by Crippen LogP contribution is 2.36. The van der Waals surface area contributed by atoms with E-state index < -0.39 is 0 Å². The first-order valence-electron chi connectivity index (χ1n) is 15.8. The number of nitrogens with zero attached hydrogens (tertiary/aromatic N) is 2. The van der Waals surface area contributed by atoms with Gasteiger partial charge in [-0.2, -0.15) is 0 Å². The van der Waals surface area contributed by atoms with Crippen LogP contribution in [0.5, 0.6) is 11.5 Å². The summed E-state index contributed by atoms with van der Waals surface area (Å²) in [6, 6.07) is 25.7. The predicted molar refractivity (Wildman–Crippen MR) is 175 cm³/mol.